The van der Waals surface area contributed by atoms with Crippen LogP contribution < -0.4 is 10.5 Å². The highest BCUT2D eigenvalue weighted by Gasteiger charge is 2.23. The van der Waals surface area contributed by atoms with Crippen LogP contribution in [0.15, 0.2) is 41.4 Å². The predicted octanol–water partition coefficient (Wildman–Crippen LogP) is 4.74. The van der Waals surface area contributed by atoms with Crippen molar-refractivity contribution in [2.45, 2.75) is 46.0 Å². The van der Waals surface area contributed by atoms with Crippen molar-refractivity contribution in [2.24, 2.45) is 10.7 Å². The third kappa shape index (κ3) is 5.87. The van der Waals surface area contributed by atoms with E-state index >= 15 is 0 Å². The molecule has 0 heterocycles. The second-order valence-electron chi connectivity index (χ2n) is 7.95. The Morgan fingerprint density at radius 2 is 1.86 bits per heavy atom. The summed E-state index contributed by atoms with van der Waals surface area (Å²) in [5, 5.41) is 0.134. The minimum absolute atomic E-state index is 0.134. The molecule has 2 aromatic rings. The molecule has 1 fully saturated rings. The first-order chi connectivity index (χ1) is 13.9. The van der Waals surface area contributed by atoms with E-state index in [-0.39, 0.29) is 5.17 Å². The van der Waals surface area contributed by atoms with Crippen LogP contribution in [-0.2, 0) is 6.42 Å². The number of aryl methyl sites for hydroxylation is 2. The van der Waals surface area contributed by atoms with Crippen molar-refractivity contribution in [1.29, 1.82) is 0 Å². The molecule has 2 aromatic carbocycles. The van der Waals surface area contributed by atoms with E-state index in [1.54, 1.807) is 0 Å². The normalized spacial score (nSPS) is 14.3. The van der Waals surface area contributed by atoms with E-state index in [4.69, 9.17) is 22.7 Å². The molecule has 154 valence electrons. The molecular formula is C24H31N3OS. The minimum Gasteiger partial charge on any atom is -0.430 e. The smallest absolute Gasteiger partial charge is 0.290 e. The van der Waals surface area contributed by atoms with E-state index in [1.807, 2.05) is 25.1 Å². The second kappa shape index (κ2) is 9.51. The fourth-order valence-electron chi connectivity index (χ4n) is 3.32. The zero-order valence-corrected chi connectivity index (χ0v) is 18.7. The van der Waals surface area contributed by atoms with Crippen LogP contribution >= 0.6 is 12.2 Å². The number of ether oxygens (including phenoxy) is 1. The third-order valence-corrected chi connectivity index (χ3v) is 5.78. The van der Waals surface area contributed by atoms with Crippen LogP contribution in [0.4, 0.5) is 0 Å². The summed E-state index contributed by atoms with van der Waals surface area (Å²) in [7, 11) is 2.14. The van der Waals surface area contributed by atoms with Gasteiger partial charge in [-0.1, -0.05) is 37.3 Å². The lowest BCUT2D eigenvalue weighted by Gasteiger charge is -2.16. The molecule has 4 nitrogen and oxygen atoms in total. The van der Waals surface area contributed by atoms with Gasteiger partial charge in [0.15, 0.2) is 0 Å². The van der Waals surface area contributed by atoms with Crippen molar-refractivity contribution < 1.29 is 4.74 Å². The molecule has 3 rings (SSSR count). The van der Waals surface area contributed by atoms with Crippen molar-refractivity contribution in [2.75, 3.05) is 20.1 Å². The minimum atomic E-state index is 0.134. The summed E-state index contributed by atoms with van der Waals surface area (Å²) in [4.78, 5) is 6.60. The van der Waals surface area contributed by atoms with Gasteiger partial charge in [-0.2, -0.15) is 4.99 Å². The lowest BCUT2D eigenvalue weighted by Crippen LogP contribution is -2.20. The summed E-state index contributed by atoms with van der Waals surface area (Å²) < 4.78 is 5.85. The summed E-state index contributed by atoms with van der Waals surface area (Å²) in [6, 6.07) is 12.5. The molecule has 0 amide bonds. The van der Waals surface area contributed by atoms with Crippen molar-refractivity contribution in [3.05, 3.63) is 64.2 Å². The lowest BCUT2D eigenvalue weighted by molar-refractivity contribution is 0.357. The Hall–Kier alpha value is -2.24. The van der Waals surface area contributed by atoms with Gasteiger partial charge in [-0.05, 0) is 93.2 Å². The average Bonchev–Trinajstić information content (AvgIpc) is 3.54. The van der Waals surface area contributed by atoms with Gasteiger partial charge >= 0.3 is 0 Å². The molecule has 0 bridgehead atoms. The first kappa shape index (κ1) is 21.5. The molecule has 0 aromatic heterocycles. The van der Waals surface area contributed by atoms with Gasteiger partial charge < -0.3 is 15.4 Å². The largest absolute Gasteiger partial charge is 0.430 e. The molecule has 5 heteroatoms. The molecular weight excluding hydrogens is 378 g/mol. The van der Waals surface area contributed by atoms with Crippen LogP contribution in [0.5, 0.6) is 5.75 Å². The van der Waals surface area contributed by atoms with Crippen molar-refractivity contribution >= 4 is 23.2 Å². The van der Waals surface area contributed by atoms with Crippen molar-refractivity contribution in [1.82, 2.24) is 4.90 Å². The zero-order valence-electron chi connectivity index (χ0n) is 17.9. The van der Waals surface area contributed by atoms with Crippen LogP contribution in [0.25, 0.3) is 0 Å². The van der Waals surface area contributed by atoms with Gasteiger partial charge in [0.2, 0.25) is 0 Å². The van der Waals surface area contributed by atoms with Gasteiger partial charge in [-0.15, -0.1) is 0 Å². The molecule has 2 N–H and O–H groups in total. The molecule has 0 aliphatic heterocycles. The van der Waals surface area contributed by atoms with Gasteiger partial charge in [0.05, 0.1) is 0 Å². The fourth-order valence-corrected chi connectivity index (χ4v) is 3.51. The van der Waals surface area contributed by atoms with Crippen LogP contribution in [0.1, 0.15) is 53.5 Å². The number of thiocarbonyl (C=S) groups is 1. The van der Waals surface area contributed by atoms with Crippen LogP contribution in [-0.4, -0.2) is 36.0 Å². The molecule has 1 aliphatic carbocycles. The number of rotatable bonds is 7. The fraction of sp³-hybridized carbons (Fsp3) is 0.417. The van der Waals surface area contributed by atoms with Crippen LogP contribution in [0, 0.1) is 13.8 Å². The molecule has 0 saturated heterocycles. The maximum Gasteiger partial charge on any atom is 0.290 e. The monoisotopic (exact) mass is 409 g/mol. The number of nitrogens with two attached hydrogens (primary N) is 1. The Morgan fingerprint density at radius 1 is 1.17 bits per heavy atom. The quantitative estimate of drug-likeness (QED) is 0.407. The second-order valence-corrected chi connectivity index (χ2v) is 8.30. The van der Waals surface area contributed by atoms with Crippen LogP contribution in [0.2, 0.25) is 0 Å². The maximum absolute atomic E-state index is 6.14. The Morgan fingerprint density at radius 3 is 2.48 bits per heavy atom. The Labute approximate surface area is 179 Å². The van der Waals surface area contributed by atoms with E-state index in [9.17, 15) is 0 Å². The number of benzene rings is 2. The van der Waals surface area contributed by atoms with E-state index in [1.165, 1.54) is 29.5 Å². The van der Waals surface area contributed by atoms with Crippen molar-refractivity contribution in [3.8, 4) is 5.75 Å². The average molecular weight is 410 g/mol. The highest BCUT2D eigenvalue weighted by atomic mass is 32.1. The Balaban J connectivity index is 1.66. The van der Waals surface area contributed by atoms with Gasteiger partial charge in [0, 0.05) is 12.1 Å². The number of likely N-dealkylation sites (N-methyl/N-ethyl adjacent to an activating group) is 1. The van der Waals surface area contributed by atoms with E-state index in [2.05, 4.69) is 49.0 Å². The molecule has 0 unspecified atom stereocenters. The Bertz CT molecular complexity index is 901. The summed E-state index contributed by atoms with van der Waals surface area (Å²) in [5.41, 5.74) is 12.0. The molecule has 0 spiro atoms. The van der Waals surface area contributed by atoms with Gasteiger partial charge in [0.1, 0.15) is 11.6 Å². The lowest BCUT2D eigenvalue weighted by atomic mass is 10.0. The number of nitrogens with zero attached hydrogens (tertiary/aromatic N) is 2. The van der Waals surface area contributed by atoms with Gasteiger partial charge in [-0.3, -0.25) is 0 Å². The number of aliphatic imine (C=N–C) groups is 1. The van der Waals surface area contributed by atoms with Gasteiger partial charge in [-0.25, -0.2) is 0 Å². The molecule has 0 atom stereocenters. The van der Waals surface area contributed by atoms with Gasteiger partial charge in [0.25, 0.3) is 5.17 Å². The molecule has 1 saturated carbocycles. The molecule has 0 radical (unpaired) electrons. The molecule has 29 heavy (non-hydrogen) atoms. The summed E-state index contributed by atoms with van der Waals surface area (Å²) >= 11 is 5.33. The number of hydrogen-bond donors (Lipinski definition) is 1. The maximum atomic E-state index is 6.14. The SMILES string of the molecule is CCN(C)CCc1cc(C)c(OC(=S)N=C(N)c2ccc(C3CC3)cc2)cc1C. The summed E-state index contributed by atoms with van der Waals surface area (Å²) in [6.45, 7) is 8.40. The van der Waals surface area contributed by atoms with Crippen molar-refractivity contribution in [3.63, 3.8) is 0 Å². The topological polar surface area (TPSA) is 50.8 Å². The number of hydrogen-bond acceptors (Lipinski definition) is 3. The third-order valence-electron chi connectivity index (χ3n) is 5.60. The summed E-state index contributed by atoms with van der Waals surface area (Å²) in [5.74, 6) is 1.84. The highest BCUT2D eigenvalue weighted by molar-refractivity contribution is 7.80. The summed E-state index contributed by atoms with van der Waals surface area (Å²) in [6.07, 6.45) is 3.59. The van der Waals surface area contributed by atoms with E-state index in [0.717, 1.165) is 42.3 Å². The van der Waals surface area contributed by atoms with Crippen LogP contribution in [0.3, 0.4) is 0 Å². The predicted molar refractivity (Wildman–Crippen MR) is 125 cm³/mol. The molecule has 1 aliphatic rings. The standard InChI is InChI=1S/C24H31N3OS/c1-5-27(4)13-12-21-14-17(3)22(15-16(21)2)28-24(29)26-23(25)20-10-8-19(9-11-20)18-6-7-18/h8-11,14-15,18H,5-7,12-13H2,1-4H3,(H2,25,26,29). The zero-order chi connectivity index (χ0) is 21.0. The number of amidine groups is 1. The van der Waals surface area contributed by atoms with E-state index < -0.39 is 0 Å². The van der Waals surface area contributed by atoms with E-state index in [0.29, 0.717) is 5.84 Å². The first-order valence-electron chi connectivity index (χ1n) is 10.3. The Kier molecular flexibility index (Phi) is 7.04. The highest BCUT2D eigenvalue weighted by Crippen LogP contribution is 2.39. The first-order valence-corrected chi connectivity index (χ1v) is 10.7.